The summed E-state index contributed by atoms with van der Waals surface area (Å²) in [6.07, 6.45) is 1.66. The average molecular weight is 432 g/mol. The molecule has 5 nitrogen and oxygen atoms in total. The summed E-state index contributed by atoms with van der Waals surface area (Å²) in [5.41, 5.74) is 4.21. The van der Waals surface area contributed by atoms with Gasteiger partial charge < -0.3 is 19.9 Å². The summed E-state index contributed by atoms with van der Waals surface area (Å²) in [6, 6.07) is 21.8. The summed E-state index contributed by atoms with van der Waals surface area (Å²) in [7, 11) is 0. The summed E-state index contributed by atoms with van der Waals surface area (Å²) >= 11 is 0. The number of aryl methyl sites for hydroxylation is 1. The van der Waals surface area contributed by atoms with E-state index in [1.54, 1.807) is 0 Å². The quantitative estimate of drug-likeness (QED) is 0.496. The van der Waals surface area contributed by atoms with Crippen LogP contribution in [0.25, 0.3) is 0 Å². The molecule has 0 amide bonds. The molecule has 0 aromatic heterocycles. The summed E-state index contributed by atoms with van der Waals surface area (Å²) in [5, 5.41) is 13.4. The van der Waals surface area contributed by atoms with Gasteiger partial charge in [-0.1, -0.05) is 54.1 Å². The number of carbonyl (C=O) groups is 1. The first kappa shape index (κ1) is 21.8. The number of hydrogen-bond acceptors (Lipinski definition) is 4. The van der Waals surface area contributed by atoms with Crippen LogP contribution >= 0.6 is 0 Å². The van der Waals surface area contributed by atoms with Crippen molar-refractivity contribution in [3.05, 3.63) is 89.0 Å². The average Bonchev–Trinajstić information content (AvgIpc) is 3.15. The topological polar surface area (TPSA) is 67.8 Å². The van der Waals surface area contributed by atoms with E-state index in [1.807, 2.05) is 55.5 Å². The van der Waals surface area contributed by atoms with Crippen LogP contribution in [0, 0.1) is 6.92 Å². The molecule has 0 bridgehead atoms. The second kappa shape index (κ2) is 9.35. The lowest BCUT2D eigenvalue weighted by Gasteiger charge is -2.27. The lowest BCUT2D eigenvalue weighted by Crippen LogP contribution is -2.47. The molecule has 5 heteroatoms. The maximum absolute atomic E-state index is 12.3. The van der Waals surface area contributed by atoms with Crippen LogP contribution in [0.5, 0.6) is 11.5 Å². The minimum absolute atomic E-state index is 0.440. The number of rotatable bonds is 9. The number of fused-ring (bicyclic) bond motifs is 1. The highest BCUT2D eigenvalue weighted by atomic mass is 16.5. The van der Waals surface area contributed by atoms with E-state index in [2.05, 4.69) is 30.4 Å². The first-order valence-corrected chi connectivity index (χ1v) is 11.0. The molecule has 1 aliphatic carbocycles. The van der Waals surface area contributed by atoms with Gasteiger partial charge in [0, 0.05) is 31.0 Å². The van der Waals surface area contributed by atoms with E-state index in [-0.39, 0.29) is 0 Å². The first-order valence-electron chi connectivity index (χ1n) is 11.0. The fourth-order valence-corrected chi connectivity index (χ4v) is 4.30. The number of carboxylic acids is 1. The fraction of sp³-hybridized carbons (Fsp3) is 0.296. The molecule has 3 aromatic rings. The van der Waals surface area contributed by atoms with Crippen molar-refractivity contribution in [3.63, 3.8) is 0 Å². The van der Waals surface area contributed by atoms with Crippen LogP contribution in [0.2, 0.25) is 0 Å². The van der Waals surface area contributed by atoms with Gasteiger partial charge >= 0.3 is 5.97 Å². The van der Waals surface area contributed by atoms with Crippen molar-refractivity contribution in [2.75, 3.05) is 18.5 Å². The molecular weight excluding hydrogens is 402 g/mol. The van der Waals surface area contributed by atoms with Gasteiger partial charge in [0.15, 0.2) is 11.5 Å². The molecule has 32 heavy (non-hydrogen) atoms. The van der Waals surface area contributed by atoms with Crippen LogP contribution < -0.4 is 14.8 Å². The molecule has 0 aliphatic heterocycles. The van der Waals surface area contributed by atoms with Gasteiger partial charge in [-0.2, -0.15) is 0 Å². The minimum Gasteiger partial charge on any atom is -0.490 e. The van der Waals surface area contributed by atoms with Gasteiger partial charge in [-0.3, -0.25) is 0 Å². The molecule has 2 N–H and O–H groups in total. The lowest BCUT2D eigenvalue weighted by molar-refractivity contribution is -0.142. The number of hydrogen-bond donors (Lipinski definition) is 2. The predicted octanol–water partition coefficient (Wildman–Crippen LogP) is 5.05. The van der Waals surface area contributed by atoms with Crippen molar-refractivity contribution in [2.24, 2.45) is 0 Å². The standard InChI is InChI=1S/C27H29NO4/c1-3-31-24-12-11-23(16-25(24)32-14-13-20-8-6-7-19(2)15-20)28-27(26(29)30)17-21-9-4-5-10-22(21)18-27/h4-12,15-16,28H,3,13-14,17-18H2,1-2H3,(H,29,30). The lowest BCUT2D eigenvalue weighted by atomic mass is 9.95. The Morgan fingerprint density at radius 1 is 0.969 bits per heavy atom. The van der Waals surface area contributed by atoms with Crippen LogP contribution in [0.4, 0.5) is 5.69 Å². The highest BCUT2D eigenvalue weighted by Crippen LogP contribution is 2.36. The number of ether oxygens (including phenoxy) is 2. The number of benzene rings is 3. The third-order valence-electron chi connectivity index (χ3n) is 5.87. The highest BCUT2D eigenvalue weighted by molar-refractivity contribution is 5.85. The molecule has 0 unspecified atom stereocenters. The van der Waals surface area contributed by atoms with Crippen LogP contribution in [-0.4, -0.2) is 29.8 Å². The molecule has 1 aliphatic rings. The third kappa shape index (κ3) is 4.72. The largest absolute Gasteiger partial charge is 0.490 e. The maximum Gasteiger partial charge on any atom is 0.330 e. The minimum atomic E-state index is -1.07. The summed E-state index contributed by atoms with van der Waals surface area (Å²) in [6.45, 7) is 5.03. The van der Waals surface area contributed by atoms with Crippen molar-refractivity contribution in [1.29, 1.82) is 0 Å². The molecule has 0 spiro atoms. The highest BCUT2D eigenvalue weighted by Gasteiger charge is 2.44. The van der Waals surface area contributed by atoms with Gasteiger partial charge in [0.1, 0.15) is 5.54 Å². The Hall–Kier alpha value is -3.47. The predicted molar refractivity (Wildman–Crippen MR) is 126 cm³/mol. The first-order chi connectivity index (χ1) is 15.5. The van der Waals surface area contributed by atoms with E-state index >= 15 is 0 Å². The molecule has 3 aromatic carbocycles. The molecule has 4 rings (SSSR count). The Morgan fingerprint density at radius 3 is 2.38 bits per heavy atom. The van der Waals surface area contributed by atoms with E-state index in [0.29, 0.717) is 43.2 Å². The van der Waals surface area contributed by atoms with Gasteiger partial charge in [0.05, 0.1) is 13.2 Å². The number of carboxylic acid groups (broad SMARTS) is 1. The number of aliphatic carboxylic acids is 1. The number of anilines is 1. The van der Waals surface area contributed by atoms with Crippen molar-refractivity contribution in [3.8, 4) is 11.5 Å². The summed E-state index contributed by atoms with van der Waals surface area (Å²) < 4.78 is 11.8. The Labute approximate surface area is 189 Å². The normalized spacial score (nSPS) is 13.9. The Kier molecular flexibility index (Phi) is 6.35. The monoisotopic (exact) mass is 431 g/mol. The molecular formula is C27H29NO4. The third-order valence-corrected chi connectivity index (χ3v) is 5.87. The SMILES string of the molecule is CCOc1ccc(NC2(C(=O)O)Cc3ccccc3C2)cc1OCCc1cccc(C)c1. The molecule has 0 atom stereocenters. The fourth-order valence-electron chi connectivity index (χ4n) is 4.30. The van der Waals surface area contributed by atoms with Crippen molar-refractivity contribution < 1.29 is 19.4 Å². The summed E-state index contributed by atoms with van der Waals surface area (Å²) in [4.78, 5) is 12.3. The van der Waals surface area contributed by atoms with E-state index in [4.69, 9.17) is 9.47 Å². The second-order valence-corrected chi connectivity index (χ2v) is 8.32. The Bertz CT molecular complexity index is 1080. The van der Waals surface area contributed by atoms with E-state index in [0.717, 1.165) is 17.5 Å². The Morgan fingerprint density at radius 2 is 1.72 bits per heavy atom. The van der Waals surface area contributed by atoms with Crippen molar-refractivity contribution in [1.82, 2.24) is 0 Å². The van der Waals surface area contributed by atoms with E-state index in [9.17, 15) is 9.90 Å². The zero-order valence-electron chi connectivity index (χ0n) is 18.6. The zero-order chi connectivity index (χ0) is 22.6. The van der Waals surface area contributed by atoms with Crippen LogP contribution in [0.1, 0.15) is 29.2 Å². The molecule has 166 valence electrons. The smallest absolute Gasteiger partial charge is 0.330 e. The van der Waals surface area contributed by atoms with Crippen LogP contribution in [0.3, 0.4) is 0 Å². The zero-order valence-corrected chi connectivity index (χ0v) is 18.6. The van der Waals surface area contributed by atoms with Gasteiger partial charge in [-0.05, 0) is 42.7 Å². The van der Waals surface area contributed by atoms with Gasteiger partial charge in [0.25, 0.3) is 0 Å². The molecule has 0 heterocycles. The van der Waals surface area contributed by atoms with Crippen molar-refractivity contribution >= 4 is 11.7 Å². The summed E-state index contributed by atoms with van der Waals surface area (Å²) in [5.74, 6) is 0.409. The Balaban J connectivity index is 1.52. The van der Waals surface area contributed by atoms with Crippen molar-refractivity contribution in [2.45, 2.75) is 38.6 Å². The van der Waals surface area contributed by atoms with Gasteiger partial charge in [-0.15, -0.1) is 0 Å². The van der Waals surface area contributed by atoms with E-state index in [1.165, 1.54) is 11.1 Å². The van der Waals surface area contributed by atoms with Gasteiger partial charge in [-0.25, -0.2) is 4.79 Å². The molecule has 0 fully saturated rings. The van der Waals surface area contributed by atoms with Crippen LogP contribution in [-0.2, 0) is 24.1 Å². The molecule has 0 saturated heterocycles. The molecule has 0 radical (unpaired) electrons. The number of nitrogens with one attached hydrogen (secondary N) is 1. The van der Waals surface area contributed by atoms with Gasteiger partial charge in [0.2, 0.25) is 0 Å². The van der Waals surface area contributed by atoms with Crippen LogP contribution in [0.15, 0.2) is 66.7 Å². The molecule has 0 saturated carbocycles. The second-order valence-electron chi connectivity index (χ2n) is 8.32. The maximum atomic E-state index is 12.3. The van der Waals surface area contributed by atoms with E-state index < -0.39 is 11.5 Å².